The van der Waals surface area contributed by atoms with Crippen molar-refractivity contribution in [3.8, 4) is 0 Å². The Hall–Kier alpha value is -1.23. The average molecular weight is 453 g/mol. The SMILES string of the molecule is O=S(=O)(c1cccc(Cl)c1)N1CCN(S(=O)(=O)c2ccc(Cl)cc2F)CC1. The minimum Gasteiger partial charge on any atom is -0.207 e. The summed E-state index contributed by atoms with van der Waals surface area (Å²) in [5.41, 5.74) is 0. The van der Waals surface area contributed by atoms with E-state index in [4.69, 9.17) is 23.2 Å². The zero-order valence-corrected chi connectivity index (χ0v) is 17.0. The van der Waals surface area contributed by atoms with E-state index in [0.29, 0.717) is 0 Å². The molecule has 11 heteroatoms. The van der Waals surface area contributed by atoms with Crippen LogP contribution in [0.25, 0.3) is 0 Å². The summed E-state index contributed by atoms with van der Waals surface area (Å²) in [6, 6.07) is 9.16. The number of rotatable bonds is 4. The molecule has 0 bridgehead atoms. The summed E-state index contributed by atoms with van der Waals surface area (Å²) in [5, 5.41) is 0.374. The predicted molar refractivity (Wildman–Crippen MR) is 100 cm³/mol. The van der Waals surface area contributed by atoms with Crippen LogP contribution in [-0.4, -0.2) is 51.6 Å². The van der Waals surface area contributed by atoms with Gasteiger partial charge in [-0.2, -0.15) is 8.61 Å². The molecule has 1 aliphatic heterocycles. The molecule has 0 amide bonds. The fourth-order valence-corrected chi connectivity index (χ4v) is 6.10. The summed E-state index contributed by atoms with van der Waals surface area (Å²) < 4.78 is 66.9. The summed E-state index contributed by atoms with van der Waals surface area (Å²) in [6.45, 7) is -0.291. The Labute approximate surface area is 167 Å². The highest BCUT2D eigenvalue weighted by Crippen LogP contribution is 2.25. The molecule has 0 unspecified atom stereocenters. The van der Waals surface area contributed by atoms with Crippen molar-refractivity contribution in [2.24, 2.45) is 0 Å². The quantitative estimate of drug-likeness (QED) is 0.714. The van der Waals surface area contributed by atoms with Gasteiger partial charge >= 0.3 is 0 Å². The molecule has 0 radical (unpaired) electrons. The Morgan fingerprint density at radius 1 is 0.778 bits per heavy atom. The highest BCUT2D eigenvalue weighted by Gasteiger charge is 2.35. The predicted octanol–water partition coefficient (Wildman–Crippen LogP) is 2.83. The Balaban J connectivity index is 1.79. The lowest BCUT2D eigenvalue weighted by atomic mass is 10.3. The lowest BCUT2D eigenvalue weighted by Crippen LogP contribution is -2.50. The van der Waals surface area contributed by atoms with Gasteiger partial charge in [0.1, 0.15) is 10.7 Å². The first-order valence-electron chi connectivity index (χ1n) is 7.83. The Kier molecular flexibility index (Phi) is 5.81. The van der Waals surface area contributed by atoms with Gasteiger partial charge in [-0.1, -0.05) is 29.3 Å². The van der Waals surface area contributed by atoms with Crippen molar-refractivity contribution in [3.05, 3.63) is 58.3 Å². The van der Waals surface area contributed by atoms with Crippen molar-refractivity contribution in [2.45, 2.75) is 9.79 Å². The van der Waals surface area contributed by atoms with Gasteiger partial charge in [0, 0.05) is 36.2 Å². The molecular formula is C16H15Cl2FN2O4S2. The van der Waals surface area contributed by atoms with E-state index in [0.717, 1.165) is 16.4 Å². The summed E-state index contributed by atoms with van der Waals surface area (Å²) >= 11 is 11.5. The first kappa shape index (κ1) is 20.5. The van der Waals surface area contributed by atoms with Gasteiger partial charge in [0.25, 0.3) is 0 Å². The van der Waals surface area contributed by atoms with Crippen molar-refractivity contribution in [3.63, 3.8) is 0 Å². The maximum Gasteiger partial charge on any atom is 0.246 e. The number of sulfonamides is 2. The van der Waals surface area contributed by atoms with Crippen LogP contribution in [0.4, 0.5) is 4.39 Å². The Morgan fingerprint density at radius 2 is 1.33 bits per heavy atom. The van der Waals surface area contributed by atoms with E-state index in [-0.39, 0.29) is 41.1 Å². The normalized spacial score (nSPS) is 17.1. The second-order valence-electron chi connectivity index (χ2n) is 5.84. The molecule has 1 heterocycles. The summed E-state index contributed by atoms with van der Waals surface area (Å²) in [6.07, 6.45) is 0. The number of halogens is 3. The van der Waals surface area contributed by atoms with Crippen molar-refractivity contribution >= 4 is 43.2 Å². The highest BCUT2D eigenvalue weighted by molar-refractivity contribution is 7.89. The van der Waals surface area contributed by atoms with Crippen molar-refractivity contribution < 1.29 is 21.2 Å². The maximum atomic E-state index is 14.0. The molecule has 27 heavy (non-hydrogen) atoms. The molecule has 2 aromatic carbocycles. The summed E-state index contributed by atoms with van der Waals surface area (Å²) in [5.74, 6) is -0.948. The molecule has 1 fully saturated rings. The summed E-state index contributed by atoms with van der Waals surface area (Å²) in [7, 11) is -7.89. The molecule has 0 aromatic heterocycles. The van der Waals surface area contributed by atoms with Gasteiger partial charge in [0.2, 0.25) is 20.0 Å². The van der Waals surface area contributed by atoms with Crippen LogP contribution >= 0.6 is 23.2 Å². The fourth-order valence-electron chi connectivity index (χ4n) is 2.75. The lowest BCUT2D eigenvalue weighted by molar-refractivity contribution is 0.272. The molecule has 0 saturated carbocycles. The molecule has 0 atom stereocenters. The van der Waals surface area contributed by atoms with E-state index in [1.165, 1.54) is 28.6 Å². The number of hydrogen-bond acceptors (Lipinski definition) is 4. The van der Waals surface area contributed by atoms with Crippen LogP contribution in [-0.2, 0) is 20.0 Å². The van der Waals surface area contributed by atoms with Gasteiger partial charge in [-0.25, -0.2) is 21.2 Å². The van der Waals surface area contributed by atoms with Crippen LogP contribution < -0.4 is 0 Å². The van der Waals surface area contributed by atoms with Gasteiger partial charge in [-0.3, -0.25) is 0 Å². The van der Waals surface area contributed by atoms with Crippen molar-refractivity contribution in [2.75, 3.05) is 26.2 Å². The van der Waals surface area contributed by atoms with Crippen molar-refractivity contribution in [1.29, 1.82) is 0 Å². The zero-order chi connectivity index (χ0) is 19.8. The van der Waals surface area contributed by atoms with Crippen LogP contribution in [0.3, 0.4) is 0 Å². The van der Waals surface area contributed by atoms with Gasteiger partial charge in [0.05, 0.1) is 4.90 Å². The van der Waals surface area contributed by atoms with E-state index in [1.807, 2.05) is 0 Å². The molecule has 146 valence electrons. The topological polar surface area (TPSA) is 74.8 Å². The van der Waals surface area contributed by atoms with E-state index in [2.05, 4.69) is 0 Å². The van der Waals surface area contributed by atoms with E-state index in [9.17, 15) is 21.2 Å². The highest BCUT2D eigenvalue weighted by atomic mass is 35.5. The van der Waals surface area contributed by atoms with E-state index in [1.54, 1.807) is 6.07 Å². The number of nitrogens with zero attached hydrogens (tertiary/aromatic N) is 2. The van der Waals surface area contributed by atoms with E-state index >= 15 is 0 Å². The molecule has 1 aliphatic rings. The molecule has 1 saturated heterocycles. The second kappa shape index (κ2) is 7.65. The molecule has 0 aliphatic carbocycles. The third-order valence-corrected chi connectivity index (χ3v) is 8.44. The zero-order valence-electron chi connectivity index (χ0n) is 13.8. The minimum atomic E-state index is -4.09. The van der Waals surface area contributed by atoms with Crippen LogP contribution in [0.2, 0.25) is 10.0 Å². The first-order valence-corrected chi connectivity index (χ1v) is 11.5. The third kappa shape index (κ3) is 4.13. The molecule has 0 spiro atoms. The number of piperazine rings is 1. The van der Waals surface area contributed by atoms with Crippen LogP contribution in [0.1, 0.15) is 0 Å². The number of benzene rings is 2. The lowest BCUT2D eigenvalue weighted by Gasteiger charge is -2.33. The third-order valence-electron chi connectivity index (χ3n) is 4.14. The molecule has 3 rings (SSSR count). The smallest absolute Gasteiger partial charge is 0.207 e. The Bertz CT molecular complexity index is 1070. The van der Waals surface area contributed by atoms with Gasteiger partial charge in [-0.15, -0.1) is 0 Å². The number of hydrogen-bond donors (Lipinski definition) is 0. The van der Waals surface area contributed by atoms with Gasteiger partial charge < -0.3 is 0 Å². The fraction of sp³-hybridized carbons (Fsp3) is 0.250. The minimum absolute atomic E-state index is 0.0371. The first-order chi connectivity index (χ1) is 12.6. The largest absolute Gasteiger partial charge is 0.246 e. The van der Waals surface area contributed by atoms with Gasteiger partial charge in [0.15, 0.2) is 0 Å². The van der Waals surface area contributed by atoms with Crippen LogP contribution in [0.5, 0.6) is 0 Å². The maximum absolute atomic E-state index is 14.0. The Morgan fingerprint density at radius 3 is 1.89 bits per heavy atom. The van der Waals surface area contributed by atoms with Crippen LogP contribution in [0.15, 0.2) is 52.3 Å². The monoisotopic (exact) mass is 452 g/mol. The molecular weight excluding hydrogens is 438 g/mol. The average Bonchev–Trinajstić information content (AvgIpc) is 2.61. The van der Waals surface area contributed by atoms with E-state index < -0.39 is 30.8 Å². The molecule has 2 aromatic rings. The summed E-state index contributed by atoms with van der Waals surface area (Å²) in [4.78, 5) is -0.451. The van der Waals surface area contributed by atoms with Gasteiger partial charge in [-0.05, 0) is 36.4 Å². The van der Waals surface area contributed by atoms with Crippen LogP contribution in [0, 0.1) is 5.82 Å². The second-order valence-corrected chi connectivity index (χ2v) is 10.6. The standard InChI is InChI=1S/C16H15Cl2FN2O4S2/c17-12-2-1-3-14(10-12)26(22,23)20-6-8-21(9-7-20)27(24,25)16-5-4-13(18)11-15(16)19/h1-5,10-11H,6-9H2. The van der Waals surface area contributed by atoms with Crippen molar-refractivity contribution in [1.82, 2.24) is 8.61 Å². The molecule has 0 N–H and O–H groups in total. The molecule has 6 nitrogen and oxygen atoms in total.